The van der Waals surface area contributed by atoms with Crippen molar-refractivity contribution in [3.63, 3.8) is 0 Å². The third-order valence-electron chi connectivity index (χ3n) is 4.60. The Morgan fingerprint density at radius 2 is 2.08 bits per heavy atom. The van der Waals surface area contributed by atoms with Crippen LogP contribution in [0, 0.1) is 5.41 Å². The maximum absolute atomic E-state index is 7.61. The van der Waals surface area contributed by atoms with Gasteiger partial charge < -0.3 is 16.0 Å². The normalized spacial score (nSPS) is 16.5. The van der Waals surface area contributed by atoms with Crippen molar-refractivity contribution < 1.29 is 0 Å². The molecule has 1 aliphatic carbocycles. The van der Waals surface area contributed by atoms with E-state index in [1.54, 1.807) is 6.07 Å². The van der Waals surface area contributed by atoms with Gasteiger partial charge in [0, 0.05) is 46.3 Å². The number of benzene rings is 1. The van der Waals surface area contributed by atoms with E-state index >= 15 is 0 Å². The molecule has 2 aromatic rings. The summed E-state index contributed by atoms with van der Waals surface area (Å²) in [6.07, 6.45) is 5.81. The molecule has 0 amide bonds. The van der Waals surface area contributed by atoms with Crippen molar-refractivity contribution in [1.82, 2.24) is 10.3 Å². The number of anilines is 1. The van der Waals surface area contributed by atoms with E-state index in [1.165, 1.54) is 24.8 Å². The van der Waals surface area contributed by atoms with Crippen LogP contribution < -0.4 is 10.6 Å². The summed E-state index contributed by atoms with van der Waals surface area (Å²) in [4.78, 5) is 4.64. The zero-order valence-electron chi connectivity index (χ0n) is 14.0. The average Bonchev–Trinajstić information content (AvgIpc) is 3.45. The Morgan fingerprint density at radius 3 is 2.67 bits per heavy atom. The van der Waals surface area contributed by atoms with Crippen molar-refractivity contribution >= 4 is 23.5 Å². The Kier molecular flexibility index (Phi) is 5.17. The highest BCUT2D eigenvalue weighted by atomic mass is 35.5. The smallest absolute Gasteiger partial charge is 0.0679 e. The molecule has 1 unspecified atom stereocenters. The van der Waals surface area contributed by atoms with Crippen LogP contribution in [0.3, 0.4) is 0 Å². The molecule has 1 heterocycles. The third kappa shape index (κ3) is 3.77. The highest BCUT2D eigenvalue weighted by molar-refractivity contribution is 6.31. The number of nitrogens with zero attached hydrogens (tertiary/aromatic N) is 1. The van der Waals surface area contributed by atoms with Gasteiger partial charge in [0.05, 0.1) is 6.04 Å². The molecule has 24 heavy (non-hydrogen) atoms. The molecule has 0 radical (unpaired) electrons. The molecular formula is C19H23ClN4. The number of halogens is 1. The van der Waals surface area contributed by atoms with Gasteiger partial charge in [-0.25, -0.2) is 0 Å². The molecule has 4 nitrogen and oxygen atoms in total. The van der Waals surface area contributed by atoms with E-state index in [2.05, 4.69) is 34.7 Å². The number of hydrogen-bond acceptors (Lipinski definition) is 4. The Morgan fingerprint density at radius 1 is 1.29 bits per heavy atom. The highest BCUT2D eigenvalue weighted by Crippen LogP contribution is 2.39. The molecule has 0 saturated heterocycles. The quantitative estimate of drug-likeness (QED) is 0.655. The van der Waals surface area contributed by atoms with Crippen molar-refractivity contribution in [2.45, 2.75) is 37.8 Å². The molecule has 2 atom stereocenters. The minimum atomic E-state index is 0.0515. The molecule has 3 rings (SSSR count). The summed E-state index contributed by atoms with van der Waals surface area (Å²) in [5, 5.41) is 15.1. The van der Waals surface area contributed by atoms with Crippen molar-refractivity contribution in [3.8, 4) is 0 Å². The second-order valence-corrected chi connectivity index (χ2v) is 6.80. The zero-order valence-corrected chi connectivity index (χ0v) is 14.8. The predicted molar refractivity (Wildman–Crippen MR) is 100 cm³/mol. The van der Waals surface area contributed by atoms with Crippen LogP contribution in [0.1, 0.15) is 48.5 Å². The number of rotatable bonds is 7. The maximum atomic E-state index is 7.61. The molecule has 5 heteroatoms. The molecule has 126 valence electrons. The molecule has 1 saturated carbocycles. The molecule has 1 aliphatic rings. The lowest BCUT2D eigenvalue weighted by Crippen LogP contribution is -2.33. The van der Waals surface area contributed by atoms with Crippen LogP contribution in [0.25, 0.3) is 0 Å². The number of likely N-dealkylation sites (N-methyl/N-ethyl adjacent to an activating group) is 1. The van der Waals surface area contributed by atoms with E-state index in [0.717, 1.165) is 16.8 Å². The van der Waals surface area contributed by atoms with E-state index in [0.29, 0.717) is 10.9 Å². The highest BCUT2D eigenvalue weighted by Gasteiger charge is 2.25. The first-order valence-corrected chi connectivity index (χ1v) is 8.70. The summed E-state index contributed by atoms with van der Waals surface area (Å²) in [5.74, 6) is 0.660. The van der Waals surface area contributed by atoms with Crippen molar-refractivity contribution in [1.29, 1.82) is 5.41 Å². The van der Waals surface area contributed by atoms with Crippen LogP contribution >= 0.6 is 11.6 Å². The molecule has 1 aromatic heterocycles. The molecule has 1 fully saturated rings. The van der Waals surface area contributed by atoms with E-state index < -0.39 is 0 Å². The number of aromatic nitrogens is 1. The van der Waals surface area contributed by atoms with E-state index in [4.69, 9.17) is 17.0 Å². The van der Waals surface area contributed by atoms with E-state index in [-0.39, 0.29) is 12.1 Å². The monoisotopic (exact) mass is 342 g/mol. The molecule has 3 N–H and O–H groups in total. The van der Waals surface area contributed by atoms with Crippen molar-refractivity contribution in [3.05, 3.63) is 58.4 Å². The fraction of sp³-hybridized carbons (Fsp3) is 0.368. The molecule has 1 aromatic carbocycles. The summed E-state index contributed by atoms with van der Waals surface area (Å²) in [6.45, 7) is 2.13. The summed E-state index contributed by atoms with van der Waals surface area (Å²) >= 11 is 6.04. The van der Waals surface area contributed by atoms with Gasteiger partial charge in [-0.1, -0.05) is 17.7 Å². The lowest BCUT2D eigenvalue weighted by molar-refractivity contribution is 0.532. The minimum Gasteiger partial charge on any atom is -0.376 e. The van der Waals surface area contributed by atoms with Gasteiger partial charge in [-0.2, -0.15) is 0 Å². The Hall–Kier alpha value is -1.91. The van der Waals surface area contributed by atoms with Gasteiger partial charge >= 0.3 is 0 Å². The van der Waals surface area contributed by atoms with Crippen LogP contribution in [0.2, 0.25) is 5.02 Å². The maximum Gasteiger partial charge on any atom is 0.0679 e. The second kappa shape index (κ2) is 7.32. The van der Waals surface area contributed by atoms with Gasteiger partial charge in [0.15, 0.2) is 0 Å². The van der Waals surface area contributed by atoms with E-state index in [9.17, 15) is 0 Å². The zero-order chi connectivity index (χ0) is 17.1. The second-order valence-electron chi connectivity index (χ2n) is 6.37. The van der Waals surface area contributed by atoms with Crippen molar-refractivity contribution in [2.75, 3.05) is 12.4 Å². The van der Waals surface area contributed by atoms with Crippen LogP contribution in [0.4, 0.5) is 5.69 Å². The number of pyridine rings is 1. The van der Waals surface area contributed by atoms with Gasteiger partial charge in [-0.05, 0) is 56.6 Å². The van der Waals surface area contributed by atoms with E-state index in [1.807, 2.05) is 25.4 Å². The lowest BCUT2D eigenvalue weighted by atomic mass is 10.0. The molecular weight excluding hydrogens is 320 g/mol. The van der Waals surface area contributed by atoms with Gasteiger partial charge in [0.2, 0.25) is 0 Å². The standard InChI is InChI=1S/C19H23ClN4/c1-12(22-2)19(14-5-7-17(23-11-14)13-3-4-13)24-18-8-6-16(20)9-15(18)10-21/h5-13,19,21-22,24H,3-4H2,1-2H3/t12?,19-/m0/s1. The fourth-order valence-electron chi connectivity index (χ4n) is 2.84. The SMILES string of the molecule is CNC(C)[C@H](Nc1ccc(Cl)cc1C=N)c1ccc(C2CC2)nc1. The fourth-order valence-corrected chi connectivity index (χ4v) is 3.02. The Labute approximate surface area is 148 Å². The lowest BCUT2D eigenvalue weighted by Gasteiger charge is -2.27. The molecule has 0 bridgehead atoms. The predicted octanol–water partition coefficient (Wildman–Crippen LogP) is 4.37. The first-order chi connectivity index (χ1) is 11.6. The van der Waals surface area contributed by atoms with Crippen LogP contribution in [0.5, 0.6) is 0 Å². The summed E-state index contributed by atoms with van der Waals surface area (Å²) in [7, 11) is 1.95. The van der Waals surface area contributed by atoms with Crippen molar-refractivity contribution in [2.24, 2.45) is 0 Å². The van der Waals surface area contributed by atoms with Crippen LogP contribution in [0.15, 0.2) is 36.5 Å². The first-order valence-electron chi connectivity index (χ1n) is 8.32. The van der Waals surface area contributed by atoms with Gasteiger partial charge in [-0.3, -0.25) is 4.98 Å². The Bertz CT molecular complexity index is 710. The third-order valence-corrected chi connectivity index (χ3v) is 4.83. The Balaban J connectivity index is 1.87. The molecule has 0 spiro atoms. The van der Waals surface area contributed by atoms with Gasteiger partial charge in [0.1, 0.15) is 0 Å². The largest absolute Gasteiger partial charge is 0.376 e. The summed E-state index contributed by atoms with van der Waals surface area (Å²) < 4.78 is 0. The van der Waals surface area contributed by atoms with Gasteiger partial charge in [0.25, 0.3) is 0 Å². The molecule has 0 aliphatic heterocycles. The van der Waals surface area contributed by atoms with Crippen LogP contribution in [-0.2, 0) is 0 Å². The first kappa shape index (κ1) is 16.9. The summed E-state index contributed by atoms with van der Waals surface area (Å²) in [5.41, 5.74) is 4.00. The topological polar surface area (TPSA) is 60.8 Å². The average molecular weight is 343 g/mol. The van der Waals surface area contributed by atoms with Gasteiger partial charge in [-0.15, -0.1) is 0 Å². The minimum absolute atomic E-state index is 0.0515. The van der Waals surface area contributed by atoms with Crippen LogP contribution in [-0.4, -0.2) is 24.3 Å². The number of nitrogens with one attached hydrogen (secondary N) is 3. The number of hydrogen-bond donors (Lipinski definition) is 3. The summed E-state index contributed by atoms with van der Waals surface area (Å²) in [6, 6.07) is 10.1.